The summed E-state index contributed by atoms with van der Waals surface area (Å²) in [7, 11) is 0. The van der Waals surface area contributed by atoms with Crippen molar-refractivity contribution in [3.8, 4) is 28.7 Å². The number of nitriles is 1. The van der Waals surface area contributed by atoms with Crippen LogP contribution >= 0.6 is 0 Å². The average Bonchev–Trinajstić information content (AvgIpc) is 3.18. The summed E-state index contributed by atoms with van der Waals surface area (Å²) in [5.74, 6) is -0.0884. The van der Waals surface area contributed by atoms with E-state index in [1.54, 1.807) is 19.1 Å². The molecule has 1 N–H and O–H groups in total. The highest BCUT2D eigenvalue weighted by Gasteiger charge is 2.32. The number of benzene rings is 1. The highest BCUT2D eigenvalue weighted by Crippen LogP contribution is 2.29. The molecule has 0 aliphatic rings. The summed E-state index contributed by atoms with van der Waals surface area (Å²) in [6, 6.07) is 8.85. The molecule has 2 aromatic heterocycles. The maximum absolute atomic E-state index is 12.9. The highest BCUT2D eigenvalue weighted by atomic mass is 19.4. The molecule has 2 heterocycles. The van der Waals surface area contributed by atoms with E-state index in [-0.39, 0.29) is 17.2 Å². The molecular formula is C19H16F3N7O2. The molecular weight excluding hydrogens is 415 g/mol. The van der Waals surface area contributed by atoms with Gasteiger partial charge in [0.2, 0.25) is 6.23 Å². The first-order chi connectivity index (χ1) is 14.7. The number of halogens is 3. The van der Waals surface area contributed by atoms with Gasteiger partial charge in [-0.05, 0) is 19.9 Å². The number of alkyl carbamates (subject to hydrolysis) is 1. The number of ether oxygens (including phenoxy) is 1. The number of aromatic nitrogens is 5. The predicted molar refractivity (Wildman–Crippen MR) is 101 cm³/mol. The number of carbonyl (C=O) groups is 1. The Morgan fingerprint density at radius 2 is 1.90 bits per heavy atom. The predicted octanol–water partition coefficient (Wildman–Crippen LogP) is 3.56. The van der Waals surface area contributed by atoms with Crippen LogP contribution in [0.2, 0.25) is 0 Å². The van der Waals surface area contributed by atoms with E-state index < -0.39 is 24.2 Å². The summed E-state index contributed by atoms with van der Waals surface area (Å²) in [5, 5.41) is 20.1. The number of rotatable bonds is 5. The quantitative estimate of drug-likeness (QED) is 0.656. The van der Waals surface area contributed by atoms with Crippen LogP contribution in [-0.2, 0) is 10.9 Å². The lowest BCUT2D eigenvalue weighted by Gasteiger charge is -2.12. The first-order valence-electron chi connectivity index (χ1n) is 9.05. The Bertz CT molecular complexity index is 1120. The van der Waals surface area contributed by atoms with Gasteiger partial charge in [-0.1, -0.05) is 24.3 Å². The first kappa shape index (κ1) is 21.7. The van der Waals surface area contributed by atoms with E-state index in [2.05, 4.69) is 25.5 Å². The van der Waals surface area contributed by atoms with Crippen LogP contribution in [0.4, 0.5) is 18.0 Å². The standard InChI is InChI=1S/C19H16F3N7O2/c1-3-24-18(30)31-11(2)29-27-14(10-23)16(28-29)12-4-6-13(7-5-12)17-25-9-8-15(26-17)19(20,21)22/h4-9,11H,3H2,1-2H3,(H,24,30). The van der Waals surface area contributed by atoms with Crippen molar-refractivity contribution in [1.82, 2.24) is 30.3 Å². The number of nitrogens with zero attached hydrogens (tertiary/aromatic N) is 6. The highest BCUT2D eigenvalue weighted by molar-refractivity contribution is 5.68. The maximum Gasteiger partial charge on any atom is 0.433 e. The van der Waals surface area contributed by atoms with Gasteiger partial charge >= 0.3 is 12.3 Å². The third-order valence-corrected chi connectivity index (χ3v) is 4.02. The van der Waals surface area contributed by atoms with E-state index in [9.17, 15) is 23.2 Å². The smallest absolute Gasteiger partial charge is 0.422 e. The van der Waals surface area contributed by atoms with E-state index in [1.807, 2.05) is 6.07 Å². The SMILES string of the molecule is CCNC(=O)OC(C)n1nc(C#N)c(-c2ccc(-c3nccc(C(F)(F)F)n3)cc2)n1. The second-order valence-electron chi connectivity index (χ2n) is 6.20. The molecule has 1 unspecified atom stereocenters. The topological polar surface area (TPSA) is 119 Å². The minimum atomic E-state index is -4.58. The molecule has 0 aliphatic carbocycles. The van der Waals surface area contributed by atoms with E-state index in [4.69, 9.17) is 4.74 Å². The van der Waals surface area contributed by atoms with Crippen LogP contribution in [0.3, 0.4) is 0 Å². The van der Waals surface area contributed by atoms with Crippen molar-refractivity contribution in [1.29, 1.82) is 5.26 Å². The molecule has 0 saturated carbocycles. The Hall–Kier alpha value is -4.01. The Kier molecular flexibility index (Phi) is 6.15. The van der Waals surface area contributed by atoms with Crippen molar-refractivity contribution in [3.63, 3.8) is 0 Å². The van der Waals surface area contributed by atoms with Gasteiger partial charge in [-0.15, -0.1) is 15.0 Å². The molecule has 31 heavy (non-hydrogen) atoms. The fourth-order valence-electron chi connectivity index (χ4n) is 2.58. The fraction of sp³-hybridized carbons (Fsp3) is 0.263. The number of nitrogens with one attached hydrogen (secondary N) is 1. The zero-order valence-corrected chi connectivity index (χ0v) is 16.4. The summed E-state index contributed by atoms with van der Waals surface area (Å²) in [6.07, 6.45) is -5.07. The normalized spacial score (nSPS) is 12.1. The number of alkyl halides is 3. The third kappa shape index (κ3) is 4.95. The molecule has 3 aromatic rings. The number of amides is 1. The molecule has 1 atom stereocenters. The summed E-state index contributed by atoms with van der Waals surface area (Å²) in [6.45, 7) is 3.65. The average molecular weight is 431 g/mol. The van der Waals surface area contributed by atoms with Crippen LogP contribution in [0.25, 0.3) is 22.6 Å². The van der Waals surface area contributed by atoms with Crippen LogP contribution in [0.1, 0.15) is 31.5 Å². The molecule has 0 bridgehead atoms. The van der Waals surface area contributed by atoms with E-state index in [1.165, 1.54) is 19.1 Å². The van der Waals surface area contributed by atoms with Crippen LogP contribution in [-0.4, -0.2) is 37.6 Å². The van der Waals surface area contributed by atoms with Crippen LogP contribution in [0, 0.1) is 11.3 Å². The van der Waals surface area contributed by atoms with Crippen LogP contribution in [0.15, 0.2) is 36.5 Å². The molecule has 3 rings (SSSR count). The summed E-state index contributed by atoms with van der Waals surface area (Å²) >= 11 is 0. The van der Waals surface area contributed by atoms with Crippen molar-refractivity contribution in [2.75, 3.05) is 6.54 Å². The van der Waals surface area contributed by atoms with Gasteiger partial charge in [0.05, 0.1) is 0 Å². The monoisotopic (exact) mass is 431 g/mol. The van der Waals surface area contributed by atoms with Gasteiger partial charge in [-0.2, -0.15) is 18.4 Å². The van der Waals surface area contributed by atoms with E-state index in [0.29, 0.717) is 17.7 Å². The Labute approximate surface area is 174 Å². The van der Waals surface area contributed by atoms with Crippen molar-refractivity contribution in [3.05, 3.63) is 47.9 Å². The van der Waals surface area contributed by atoms with Gasteiger partial charge in [0.15, 0.2) is 11.5 Å². The lowest BCUT2D eigenvalue weighted by atomic mass is 10.1. The van der Waals surface area contributed by atoms with Gasteiger partial charge in [0, 0.05) is 23.9 Å². The third-order valence-electron chi connectivity index (χ3n) is 4.02. The largest absolute Gasteiger partial charge is 0.433 e. The lowest BCUT2D eigenvalue weighted by molar-refractivity contribution is -0.141. The van der Waals surface area contributed by atoms with Crippen LogP contribution < -0.4 is 5.32 Å². The summed E-state index contributed by atoms with van der Waals surface area (Å²) in [4.78, 5) is 20.1. The van der Waals surface area contributed by atoms with Gasteiger partial charge < -0.3 is 10.1 Å². The Morgan fingerprint density at radius 1 is 1.23 bits per heavy atom. The number of hydrogen-bond acceptors (Lipinski definition) is 7. The molecule has 9 nitrogen and oxygen atoms in total. The maximum atomic E-state index is 12.9. The zero-order chi connectivity index (χ0) is 22.6. The molecule has 0 radical (unpaired) electrons. The van der Waals surface area contributed by atoms with Crippen molar-refractivity contribution in [2.24, 2.45) is 0 Å². The molecule has 1 amide bonds. The Balaban J connectivity index is 1.87. The van der Waals surface area contributed by atoms with Gasteiger partial charge in [0.25, 0.3) is 0 Å². The van der Waals surface area contributed by atoms with Crippen molar-refractivity contribution < 1.29 is 22.7 Å². The van der Waals surface area contributed by atoms with Gasteiger partial charge in [0.1, 0.15) is 17.5 Å². The van der Waals surface area contributed by atoms with E-state index in [0.717, 1.165) is 17.1 Å². The molecule has 0 aliphatic heterocycles. The first-order valence-corrected chi connectivity index (χ1v) is 9.05. The van der Waals surface area contributed by atoms with Crippen LogP contribution in [0.5, 0.6) is 0 Å². The second kappa shape index (κ2) is 8.78. The Morgan fingerprint density at radius 3 is 2.52 bits per heavy atom. The minimum absolute atomic E-state index is 0.00517. The fourth-order valence-corrected chi connectivity index (χ4v) is 2.58. The van der Waals surface area contributed by atoms with E-state index >= 15 is 0 Å². The molecule has 0 fully saturated rings. The number of hydrogen-bond donors (Lipinski definition) is 1. The summed E-state index contributed by atoms with van der Waals surface area (Å²) in [5.41, 5.74) is 0.0228. The van der Waals surface area contributed by atoms with Gasteiger partial charge in [-0.3, -0.25) is 0 Å². The van der Waals surface area contributed by atoms with Crippen molar-refractivity contribution >= 4 is 6.09 Å². The van der Waals surface area contributed by atoms with Crippen molar-refractivity contribution in [2.45, 2.75) is 26.3 Å². The summed E-state index contributed by atoms with van der Waals surface area (Å²) < 4.78 is 43.7. The molecule has 1 aromatic carbocycles. The minimum Gasteiger partial charge on any atom is -0.422 e. The molecule has 0 spiro atoms. The molecule has 0 saturated heterocycles. The second-order valence-corrected chi connectivity index (χ2v) is 6.20. The van der Waals surface area contributed by atoms with Gasteiger partial charge in [-0.25, -0.2) is 14.8 Å². The lowest BCUT2D eigenvalue weighted by Crippen LogP contribution is -2.27. The number of carbonyl (C=O) groups excluding carboxylic acids is 1. The molecule has 12 heteroatoms. The molecule has 160 valence electrons. The zero-order valence-electron chi connectivity index (χ0n) is 16.4.